The Labute approximate surface area is 116 Å². The monoisotopic (exact) mass is 297 g/mol. The third-order valence-corrected chi connectivity index (χ3v) is 4.33. The van der Waals surface area contributed by atoms with Gasteiger partial charge in [0, 0.05) is 17.8 Å². The maximum atomic E-state index is 11.9. The fourth-order valence-corrected chi connectivity index (χ4v) is 2.43. The molecule has 1 heterocycles. The molecule has 1 aromatic carbocycles. The smallest absolute Gasteiger partial charge is 0.251 e. The quantitative estimate of drug-likeness (QED) is 0.679. The number of amides is 2. The standard InChI is InChI=1S/C12H15N3O4S/c1-13-20(18,19)5-4-14-12(17)9-3-2-8-7-11(16)15-10(8)6-9/h2-3,6,13H,4-5,7H2,1H3,(H,14,17)(H,15,16). The van der Waals surface area contributed by atoms with Crippen LogP contribution in [0.25, 0.3) is 0 Å². The molecule has 1 aromatic rings. The predicted molar refractivity (Wildman–Crippen MR) is 74.0 cm³/mol. The minimum atomic E-state index is -3.34. The Kier molecular flexibility index (Phi) is 4.05. The van der Waals surface area contributed by atoms with Gasteiger partial charge in [-0.05, 0) is 24.7 Å². The van der Waals surface area contributed by atoms with E-state index >= 15 is 0 Å². The highest BCUT2D eigenvalue weighted by molar-refractivity contribution is 7.89. The minimum absolute atomic E-state index is 0.0193. The Morgan fingerprint density at radius 2 is 2.15 bits per heavy atom. The van der Waals surface area contributed by atoms with Gasteiger partial charge in [0.05, 0.1) is 12.2 Å². The van der Waals surface area contributed by atoms with E-state index in [-0.39, 0.29) is 24.1 Å². The zero-order valence-electron chi connectivity index (χ0n) is 10.9. The molecule has 0 bridgehead atoms. The molecule has 3 N–H and O–H groups in total. The van der Waals surface area contributed by atoms with Crippen molar-refractivity contribution in [3.63, 3.8) is 0 Å². The van der Waals surface area contributed by atoms with Crippen LogP contribution in [0.5, 0.6) is 0 Å². The number of hydrogen-bond acceptors (Lipinski definition) is 4. The lowest BCUT2D eigenvalue weighted by Gasteiger charge is -2.07. The van der Waals surface area contributed by atoms with E-state index in [1.165, 1.54) is 7.05 Å². The number of nitrogens with one attached hydrogen (secondary N) is 3. The molecule has 0 aromatic heterocycles. The molecule has 1 aliphatic rings. The second-order valence-corrected chi connectivity index (χ2v) is 6.42. The Bertz CT molecular complexity index is 655. The van der Waals surface area contributed by atoms with E-state index in [0.29, 0.717) is 17.7 Å². The highest BCUT2D eigenvalue weighted by Gasteiger charge is 2.19. The summed E-state index contributed by atoms with van der Waals surface area (Å²) in [4.78, 5) is 23.1. The van der Waals surface area contributed by atoms with Gasteiger partial charge in [-0.2, -0.15) is 0 Å². The van der Waals surface area contributed by atoms with Crippen molar-refractivity contribution in [1.82, 2.24) is 10.0 Å². The molecule has 0 radical (unpaired) electrons. The Hall–Kier alpha value is -1.93. The molecule has 2 rings (SSSR count). The molecule has 7 nitrogen and oxygen atoms in total. The Morgan fingerprint density at radius 3 is 2.85 bits per heavy atom. The van der Waals surface area contributed by atoms with Crippen LogP contribution in [-0.4, -0.2) is 39.6 Å². The molecule has 8 heteroatoms. The van der Waals surface area contributed by atoms with Crippen LogP contribution in [0.4, 0.5) is 5.69 Å². The molecule has 1 aliphatic heterocycles. The number of fused-ring (bicyclic) bond motifs is 1. The molecule has 20 heavy (non-hydrogen) atoms. The first-order chi connectivity index (χ1) is 9.41. The summed E-state index contributed by atoms with van der Waals surface area (Å²) in [6.45, 7) is 0.0193. The van der Waals surface area contributed by atoms with Crippen molar-refractivity contribution in [1.29, 1.82) is 0 Å². The van der Waals surface area contributed by atoms with Gasteiger partial charge in [0.15, 0.2) is 0 Å². The van der Waals surface area contributed by atoms with E-state index in [4.69, 9.17) is 0 Å². The number of benzene rings is 1. The number of hydrogen-bond donors (Lipinski definition) is 3. The van der Waals surface area contributed by atoms with Gasteiger partial charge in [0.2, 0.25) is 15.9 Å². The van der Waals surface area contributed by atoms with Crippen LogP contribution in [0.3, 0.4) is 0 Å². The van der Waals surface area contributed by atoms with Crippen LogP contribution < -0.4 is 15.4 Å². The van der Waals surface area contributed by atoms with Crippen LogP contribution in [0, 0.1) is 0 Å². The van der Waals surface area contributed by atoms with Crippen molar-refractivity contribution < 1.29 is 18.0 Å². The summed E-state index contributed by atoms with van der Waals surface area (Å²) in [7, 11) is -2.02. The molecule has 0 saturated carbocycles. The van der Waals surface area contributed by atoms with Crippen molar-refractivity contribution in [2.24, 2.45) is 0 Å². The van der Waals surface area contributed by atoms with Gasteiger partial charge in [0.1, 0.15) is 0 Å². The number of sulfonamides is 1. The van der Waals surface area contributed by atoms with E-state index in [9.17, 15) is 18.0 Å². The van der Waals surface area contributed by atoms with E-state index in [1.807, 2.05) is 0 Å². The molecule has 0 unspecified atom stereocenters. The van der Waals surface area contributed by atoms with Gasteiger partial charge in [-0.1, -0.05) is 6.07 Å². The number of anilines is 1. The molecular formula is C12H15N3O4S. The fraction of sp³-hybridized carbons (Fsp3) is 0.333. The van der Waals surface area contributed by atoms with Crippen molar-refractivity contribution in [3.05, 3.63) is 29.3 Å². The summed E-state index contributed by atoms with van der Waals surface area (Å²) in [6, 6.07) is 4.91. The van der Waals surface area contributed by atoms with Gasteiger partial charge in [-0.15, -0.1) is 0 Å². The minimum Gasteiger partial charge on any atom is -0.351 e. The second kappa shape index (κ2) is 5.59. The molecule has 0 atom stereocenters. The molecular weight excluding hydrogens is 282 g/mol. The van der Waals surface area contributed by atoms with Gasteiger partial charge in [-0.3, -0.25) is 9.59 Å². The molecule has 108 valence electrons. The maximum Gasteiger partial charge on any atom is 0.251 e. The first kappa shape index (κ1) is 14.5. The van der Waals surface area contributed by atoms with Crippen molar-refractivity contribution >= 4 is 27.5 Å². The summed E-state index contributed by atoms with van der Waals surface area (Å²) in [5, 5.41) is 5.18. The topological polar surface area (TPSA) is 104 Å². The van der Waals surface area contributed by atoms with Crippen LogP contribution in [0.2, 0.25) is 0 Å². The maximum absolute atomic E-state index is 11.9. The lowest BCUT2D eigenvalue weighted by atomic mass is 10.1. The number of carbonyl (C=O) groups is 2. The van der Waals surface area contributed by atoms with E-state index in [2.05, 4.69) is 15.4 Å². The van der Waals surface area contributed by atoms with Crippen LogP contribution in [0.1, 0.15) is 15.9 Å². The molecule has 0 spiro atoms. The Balaban J connectivity index is 1.97. The predicted octanol–water partition coefficient (Wildman–Crippen LogP) is -0.540. The van der Waals surface area contributed by atoms with E-state index in [0.717, 1.165) is 5.56 Å². The summed E-state index contributed by atoms with van der Waals surface area (Å²) in [5.41, 5.74) is 1.86. The van der Waals surface area contributed by atoms with E-state index in [1.54, 1.807) is 18.2 Å². The first-order valence-electron chi connectivity index (χ1n) is 6.03. The normalized spacial score (nSPS) is 13.8. The number of carbonyl (C=O) groups excluding carboxylic acids is 2. The van der Waals surface area contributed by atoms with Crippen LogP contribution >= 0.6 is 0 Å². The molecule has 0 saturated heterocycles. The van der Waals surface area contributed by atoms with Crippen molar-refractivity contribution in [2.75, 3.05) is 24.7 Å². The van der Waals surface area contributed by atoms with Crippen LogP contribution in [-0.2, 0) is 21.2 Å². The van der Waals surface area contributed by atoms with Crippen LogP contribution in [0.15, 0.2) is 18.2 Å². The largest absolute Gasteiger partial charge is 0.351 e. The summed E-state index contributed by atoms with van der Waals surface area (Å²) in [5.74, 6) is -0.658. The highest BCUT2D eigenvalue weighted by atomic mass is 32.2. The fourth-order valence-electron chi connectivity index (χ4n) is 1.86. The Morgan fingerprint density at radius 1 is 1.40 bits per heavy atom. The molecule has 2 amide bonds. The van der Waals surface area contributed by atoms with Crippen molar-refractivity contribution in [2.45, 2.75) is 6.42 Å². The summed E-state index contributed by atoms with van der Waals surface area (Å²) in [6.07, 6.45) is 0.317. The zero-order chi connectivity index (χ0) is 14.8. The summed E-state index contributed by atoms with van der Waals surface area (Å²) >= 11 is 0. The lowest BCUT2D eigenvalue weighted by molar-refractivity contribution is -0.115. The molecule has 0 aliphatic carbocycles. The zero-order valence-corrected chi connectivity index (χ0v) is 11.7. The van der Waals surface area contributed by atoms with Gasteiger partial charge in [0.25, 0.3) is 5.91 Å². The van der Waals surface area contributed by atoms with Gasteiger partial charge < -0.3 is 10.6 Å². The third-order valence-electron chi connectivity index (χ3n) is 2.96. The van der Waals surface area contributed by atoms with E-state index < -0.39 is 10.0 Å². The van der Waals surface area contributed by atoms with Crippen molar-refractivity contribution in [3.8, 4) is 0 Å². The van der Waals surface area contributed by atoms with Gasteiger partial charge in [-0.25, -0.2) is 13.1 Å². The second-order valence-electron chi connectivity index (χ2n) is 4.38. The first-order valence-corrected chi connectivity index (χ1v) is 7.69. The third kappa shape index (κ3) is 3.34. The summed E-state index contributed by atoms with van der Waals surface area (Å²) < 4.78 is 24.6. The highest BCUT2D eigenvalue weighted by Crippen LogP contribution is 2.23. The lowest BCUT2D eigenvalue weighted by Crippen LogP contribution is -2.32. The SMILES string of the molecule is CNS(=O)(=O)CCNC(=O)c1ccc2c(c1)NC(=O)C2. The average Bonchev–Trinajstić information content (AvgIpc) is 2.77. The molecule has 0 fully saturated rings. The average molecular weight is 297 g/mol. The number of rotatable bonds is 5. The van der Waals surface area contributed by atoms with Gasteiger partial charge >= 0.3 is 0 Å².